The minimum atomic E-state index is -3.66. The first kappa shape index (κ1) is 19.2. The van der Waals surface area contributed by atoms with Gasteiger partial charge in [0.1, 0.15) is 5.76 Å². The molecule has 0 aliphatic carbocycles. The van der Waals surface area contributed by atoms with Gasteiger partial charge in [-0.15, -0.1) is 0 Å². The predicted octanol–water partition coefficient (Wildman–Crippen LogP) is 4.17. The van der Waals surface area contributed by atoms with Crippen LogP contribution in [0, 0.1) is 13.8 Å². The second kappa shape index (κ2) is 7.35. The van der Waals surface area contributed by atoms with Crippen LogP contribution in [0.2, 0.25) is 5.02 Å². The van der Waals surface area contributed by atoms with Crippen LogP contribution < -0.4 is 0 Å². The van der Waals surface area contributed by atoms with Crippen LogP contribution in [0.1, 0.15) is 36.0 Å². The lowest BCUT2D eigenvalue weighted by molar-refractivity contribution is 0.265. The lowest BCUT2D eigenvalue weighted by Crippen LogP contribution is -2.39. The number of benzene rings is 1. The predicted molar refractivity (Wildman–Crippen MR) is 104 cm³/mol. The van der Waals surface area contributed by atoms with E-state index in [2.05, 4.69) is 10.1 Å². The van der Waals surface area contributed by atoms with Gasteiger partial charge in [0.05, 0.1) is 10.8 Å². The molecule has 9 heteroatoms. The van der Waals surface area contributed by atoms with Crippen molar-refractivity contribution in [1.82, 2.24) is 14.4 Å². The Bertz CT molecular complexity index is 1110. The molecule has 0 bridgehead atoms. The van der Waals surface area contributed by atoms with Crippen molar-refractivity contribution >= 4 is 21.6 Å². The lowest BCUT2D eigenvalue weighted by atomic mass is 10.00. The lowest BCUT2D eigenvalue weighted by Gasteiger charge is -2.30. The highest BCUT2D eigenvalue weighted by atomic mass is 35.5. The van der Waals surface area contributed by atoms with Crippen LogP contribution in [0.25, 0.3) is 11.6 Å². The van der Waals surface area contributed by atoms with Crippen LogP contribution in [0.5, 0.6) is 0 Å². The summed E-state index contributed by atoms with van der Waals surface area (Å²) in [5.74, 6) is 1.91. The zero-order chi connectivity index (χ0) is 19.9. The van der Waals surface area contributed by atoms with Gasteiger partial charge in [0.25, 0.3) is 0 Å². The van der Waals surface area contributed by atoms with E-state index in [0.717, 1.165) is 12.2 Å². The Balaban J connectivity index is 1.58. The Morgan fingerprint density at radius 3 is 2.79 bits per heavy atom. The van der Waals surface area contributed by atoms with Gasteiger partial charge in [-0.1, -0.05) is 22.8 Å². The molecule has 4 rings (SSSR count). The molecule has 3 aromatic rings. The Labute approximate surface area is 168 Å². The Morgan fingerprint density at radius 1 is 1.21 bits per heavy atom. The summed E-state index contributed by atoms with van der Waals surface area (Å²) in [6.07, 6.45) is 1.49. The summed E-state index contributed by atoms with van der Waals surface area (Å²) in [5.41, 5.74) is 0.666. The number of hydrogen-bond acceptors (Lipinski definition) is 6. The maximum atomic E-state index is 13.2. The molecule has 2 aromatic heterocycles. The summed E-state index contributed by atoms with van der Waals surface area (Å²) < 4.78 is 38.7. The van der Waals surface area contributed by atoms with E-state index < -0.39 is 10.0 Å². The molecule has 1 atom stereocenters. The zero-order valence-electron chi connectivity index (χ0n) is 15.6. The van der Waals surface area contributed by atoms with Crippen LogP contribution in [-0.2, 0) is 10.0 Å². The average molecular weight is 422 g/mol. The average Bonchev–Trinajstić information content (AvgIpc) is 3.33. The van der Waals surface area contributed by atoms with E-state index in [1.807, 2.05) is 13.0 Å². The molecule has 1 fully saturated rings. The van der Waals surface area contributed by atoms with E-state index in [1.54, 1.807) is 25.1 Å². The van der Waals surface area contributed by atoms with Gasteiger partial charge in [0.2, 0.25) is 21.7 Å². The molecule has 0 spiro atoms. The molecule has 0 N–H and O–H groups in total. The molecule has 28 heavy (non-hydrogen) atoms. The monoisotopic (exact) mass is 421 g/mol. The number of piperidine rings is 1. The highest BCUT2D eigenvalue weighted by molar-refractivity contribution is 7.89. The van der Waals surface area contributed by atoms with Gasteiger partial charge in [-0.3, -0.25) is 0 Å². The molecule has 0 saturated carbocycles. The van der Waals surface area contributed by atoms with E-state index in [0.29, 0.717) is 41.0 Å². The second-order valence-electron chi connectivity index (χ2n) is 6.98. The van der Waals surface area contributed by atoms with Gasteiger partial charge in [0, 0.05) is 18.1 Å². The quantitative estimate of drug-likeness (QED) is 0.628. The van der Waals surface area contributed by atoms with E-state index >= 15 is 0 Å². The van der Waals surface area contributed by atoms with Gasteiger partial charge in [-0.25, -0.2) is 8.42 Å². The fourth-order valence-electron chi connectivity index (χ4n) is 3.41. The molecule has 3 heterocycles. The van der Waals surface area contributed by atoms with E-state index in [9.17, 15) is 8.42 Å². The summed E-state index contributed by atoms with van der Waals surface area (Å²) in [6, 6.07) is 8.51. The molecule has 0 radical (unpaired) electrons. The standard InChI is InChI=1S/C19H20ClN3O4S/c1-12-5-7-15(20)10-17(12)28(24,25)23-9-3-4-14(11-23)19-21-18(22-27-19)16-8-6-13(2)26-16/h5-8,10,14H,3-4,9,11H2,1-2H3. The molecule has 1 aromatic carbocycles. The normalized spacial score (nSPS) is 18.5. The third-order valence-electron chi connectivity index (χ3n) is 4.90. The summed E-state index contributed by atoms with van der Waals surface area (Å²) in [7, 11) is -3.66. The number of nitrogens with zero attached hydrogens (tertiary/aromatic N) is 3. The fraction of sp³-hybridized carbons (Fsp3) is 0.368. The van der Waals surface area contributed by atoms with E-state index in [4.69, 9.17) is 20.5 Å². The van der Waals surface area contributed by atoms with Gasteiger partial charge in [-0.2, -0.15) is 9.29 Å². The van der Waals surface area contributed by atoms with E-state index in [1.165, 1.54) is 10.4 Å². The minimum Gasteiger partial charge on any atom is -0.458 e. The maximum Gasteiger partial charge on any atom is 0.243 e. The number of rotatable bonds is 4. The van der Waals surface area contributed by atoms with Crippen LogP contribution in [-0.4, -0.2) is 36.0 Å². The van der Waals surface area contributed by atoms with Gasteiger partial charge >= 0.3 is 0 Å². The number of halogens is 1. The fourth-order valence-corrected chi connectivity index (χ4v) is 5.42. The van der Waals surface area contributed by atoms with E-state index in [-0.39, 0.29) is 17.4 Å². The number of sulfonamides is 1. The first-order valence-electron chi connectivity index (χ1n) is 9.01. The molecule has 148 valence electrons. The summed E-state index contributed by atoms with van der Waals surface area (Å²) in [4.78, 5) is 4.66. The van der Waals surface area contributed by atoms with Crippen molar-refractivity contribution in [3.63, 3.8) is 0 Å². The summed E-state index contributed by atoms with van der Waals surface area (Å²) in [5, 5.41) is 4.38. The van der Waals surface area contributed by atoms with Crippen molar-refractivity contribution in [1.29, 1.82) is 0 Å². The smallest absolute Gasteiger partial charge is 0.243 e. The Kier molecular flexibility index (Phi) is 5.03. The molecule has 1 saturated heterocycles. The van der Waals surface area contributed by atoms with Gasteiger partial charge in [-0.05, 0) is 56.5 Å². The van der Waals surface area contributed by atoms with Crippen LogP contribution in [0.3, 0.4) is 0 Å². The Hall–Kier alpha value is -2.16. The van der Waals surface area contributed by atoms with Crippen LogP contribution in [0.15, 0.2) is 44.2 Å². The molecule has 1 aliphatic rings. The summed E-state index contributed by atoms with van der Waals surface area (Å²) >= 11 is 6.02. The van der Waals surface area contributed by atoms with Gasteiger partial charge in [0.15, 0.2) is 5.76 Å². The van der Waals surface area contributed by atoms with Crippen LogP contribution in [0.4, 0.5) is 0 Å². The number of aromatic nitrogens is 2. The van der Waals surface area contributed by atoms with Gasteiger partial charge < -0.3 is 8.94 Å². The molecule has 1 unspecified atom stereocenters. The maximum absolute atomic E-state index is 13.2. The molecule has 1 aliphatic heterocycles. The topological polar surface area (TPSA) is 89.4 Å². The number of hydrogen-bond donors (Lipinski definition) is 0. The van der Waals surface area contributed by atoms with Crippen molar-refractivity contribution in [2.75, 3.05) is 13.1 Å². The first-order valence-corrected chi connectivity index (χ1v) is 10.8. The van der Waals surface area contributed by atoms with Crippen molar-refractivity contribution in [2.24, 2.45) is 0 Å². The third kappa shape index (κ3) is 3.59. The molecule has 7 nitrogen and oxygen atoms in total. The van der Waals surface area contributed by atoms with Crippen molar-refractivity contribution < 1.29 is 17.4 Å². The third-order valence-corrected chi connectivity index (χ3v) is 7.15. The largest absolute Gasteiger partial charge is 0.458 e. The number of aryl methyl sites for hydroxylation is 2. The molecule has 0 amide bonds. The Morgan fingerprint density at radius 2 is 2.04 bits per heavy atom. The highest BCUT2D eigenvalue weighted by Crippen LogP contribution is 2.32. The number of furan rings is 1. The zero-order valence-corrected chi connectivity index (χ0v) is 17.1. The molecular weight excluding hydrogens is 402 g/mol. The highest BCUT2D eigenvalue weighted by Gasteiger charge is 2.34. The van der Waals surface area contributed by atoms with Crippen molar-refractivity contribution in [2.45, 2.75) is 37.5 Å². The van der Waals surface area contributed by atoms with Crippen molar-refractivity contribution in [3.8, 4) is 11.6 Å². The first-order chi connectivity index (χ1) is 13.3. The molecular formula is C19H20ClN3O4S. The van der Waals surface area contributed by atoms with Crippen molar-refractivity contribution in [3.05, 3.63) is 52.6 Å². The minimum absolute atomic E-state index is 0.166. The van der Waals surface area contributed by atoms with Crippen LogP contribution >= 0.6 is 11.6 Å². The second-order valence-corrected chi connectivity index (χ2v) is 9.32. The summed E-state index contributed by atoms with van der Waals surface area (Å²) in [6.45, 7) is 4.34. The SMILES string of the molecule is Cc1ccc(-c2noc(C3CCCN(S(=O)(=O)c4cc(Cl)ccc4C)C3)n2)o1.